The van der Waals surface area contributed by atoms with Crippen LogP contribution < -0.4 is 16.6 Å². The van der Waals surface area contributed by atoms with Gasteiger partial charge >= 0.3 is 5.69 Å². The van der Waals surface area contributed by atoms with Gasteiger partial charge in [0.2, 0.25) is 5.91 Å². The van der Waals surface area contributed by atoms with Crippen molar-refractivity contribution in [3.05, 3.63) is 117 Å². The van der Waals surface area contributed by atoms with Gasteiger partial charge in [0, 0.05) is 12.6 Å². The van der Waals surface area contributed by atoms with Crippen LogP contribution in [0.4, 0.5) is 0 Å². The molecule has 0 saturated heterocycles. The zero-order valence-corrected chi connectivity index (χ0v) is 19.3. The zero-order valence-electron chi connectivity index (χ0n) is 19.3. The minimum absolute atomic E-state index is 0.0429. The molecular formula is C28H29N3O3. The molecule has 0 saturated carbocycles. The van der Waals surface area contributed by atoms with E-state index in [1.54, 1.807) is 24.3 Å². The Morgan fingerprint density at radius 1 is 0.794 bits per heavy atom. The molecule has 0 unspecified atom stereocenters. The van der Waals surface area contributed by atoms with E-state index in [2.05, 4.69) is 17.4 Å². The highest BCUT2D eigenvalue weighted by molar-refractivity contribution is 5.81. The van der Waals surface area contributed by atoms with Gasteiger partial charge in [0.25, 0.3) is 5.56 Å². The van der Waals surface area contributed by atoms with E-state index in [-0.39, 0.29) is 30.6 Å². The number of hydrogen-bond donors (Lipinski definition) is 1. The van der Waals surface area contributed by atoms with Crippen molar-refractivity contribution in [3.63, 3.8) is 0 Å². The maximum Gasteiger partial charge on any atom is 0.331 e. The van der Waals surface area contributed by atoms with Gasteiger partial charge in [0.15, 0.2) is 0 Å². The van der Waals surface area contributed by atoms with Gasteiger partial charge in [0.1, 0.15) is 6.54 Å². The lowest BCUT2D eigenvalue weighted by molar-refractivity contribution is -0.122. The summed E-state index contributed by atoms with van der Waals surface area (Å²) in [6, 6.07) is 26.8. The SMILES string of the molecule is C[C@@H](CCc1ccccc1)NC(=O)Cn1c(=O)n(CCc2ccccc2)c(=O)c2ccccc21. The normalized spacial score (nSPS) is 11.9. The van der Waals surface area contributed by atoms with Crippen LogP contribution in [0.5, 0.6) is 0 Å². The molecule has 1 N–H and O–H groups in total. The highest BCUT2D eigenvalue weighted by Crippen LogP contribution is 2.09. The minimum Gasteiger partial charge on any atom is -0.352 e. The van der Waals surface area contributed by atoms with Crippen molar-refractivity contribution in [3.8, 4) is 0 Å². The molecule has 0 radical (unpaired) electrons. The number of nitrogens with one attached hydrogen (secondary N) is 1. The summed E-state index contributed by atoms with van der Waals surface area (Å²) in [5, 5.41) is 3.43. The molecule has 3 aromatic carbocycles. The molecule has 1 aromatic heterocycles. The first-order valence-corrected chi connectivity index (χ1v) is 11.6. The maximum atomic E-state index is 13.3. The van der Waals surface area contributed by atoms with Crippen molar-refractivity contribution in [1.82, 2.24) is 14.5 Å². The number of carbonyl (C=O) groups excluding carboxylic acids is 1. The fourth-order valence-electron chi connectivity index (χ4n) is 4.17. The maximum absolute atomic E-state index is 13.3. The van der Waals surface area contributed by atoms with E-state index in [9.17, 15) is 14.4 Å². The second kappa shape index (κ2) is 10.8. The number of fused-ring (bicyclic) bond motifs is 1. The fourth-order valence-corrected chi connectivity index (χ4v) is 4.17. The summed E-state index contributed by atoms with van der Waals surface area (Å²) in [6.07, 6.45) is 2.20. The molecule has 4 rings (SSSR count). The molecule has 1 amide bonds. The van der Waals surface area contributed by atoms with Crippen LogP contribution in [0.3, 0.4) is 0 Å². The Morgan fingerprint density at radius 2 is 1.38 bits per heavy atom. The zero-order chi connectivity index (χ0) is 23.9. The number of carbonyl (C=O) groups is 1. The summed E-state index contributed by atoms with van der Waals surface area (Å²) in [5.74, 6) is -0.249. The van der Waals surface area contributed by atoms with E-state index >= 15 is 0 Å². The molecule has 6 nitrogen and oxygen atoms in total. The Bertz CT molecular complexity index is 1380. The first-order chi connectivity index (χ1) is 16.5. The van der Waals surface area contributed by atoms with Gasteiger partial charge < -0.3 is 5.32 Å². The highest BCUT2D eigenvalue weighted by Gasteiger charge is 2.16. The number of amides is 1. The lowest BCUT2D eigenvalue weighted by Crippen LogP contribution is -2.44. The summed E-state index contributed by atoms with van der Waals surface area (Å²) in [7, 11) is 0. The van der Waals surface area contributed by atoms with Crippen LogP contribution in [0.1, 0.15) is 24.5 Å². The molecule has 0 bridgehead atoms. The summed E-state index contributed by atoms with van der Waals surface area (Å²) < 4.78 is 2.64. The molecule has 6 heteroatoms. The third-order valence-corrected chi connectivity index (χ3v) is 6.02. The Kier molecular flexibility index (Phi) is 7.38. The first kappa shape index (κ1) is 23.2. The van der Waals surface area contributed by atoms with E-state index in [1.165, 1.54) is 14.7 Å². The standard InChI is InChI=1S/C28H29N3O3/c1-21(16-17-22-10-4-2-5-11-22)29-26(32)20-31-25-15-9-8-14-24(25)27(33)30(28(31)34)19-18-23-12-6-3-7-13-23/h2-15,21H,16-20H2,1H3,(H,29,32)/t21-/m0/s1. The lowest BCUT2D eigenvalue weighted by Gasteiger charge is -2.17. The molecular weight excluding hydrogens is 426 g/mol. The van der Waals surface area contributed by atoms with E-state index < -0.39 is 5.69 Å². The molecule has 4 aromatic rings. The number of nitrogens with zero attached hydrogens (tertiary/aromatic N) is 2. The highest BCUT2D eigenvalue weighted by atomic mass is 16.2. The Labute approximate surface area is 198 Å². The van der Waals surface area contributed by atoms with Gasteiger partial charge in [-0.2, -0.15) is 0 Å². The Balaban J connectivity index is 1.53. The number of benzene rings is 3. The van der Waals surface area contributed by atoms with E-state index in [0.717, 1.165) is 18.4 Å². The smallest absolute Gasteiger partial charge is 0.331 e. The number of rotatable bonds is 9. The van der Waals surface area contributed by atoms with Gasteiger partial charge in [-0.25, -0.2) is 4.79 Å². The van der Waals surface area contributed by atoms with Crippen LogP contribution in [-0.4, -0.2) is 21.1 Å². The minimum atomic E-state index is -0.466. The van der Waals surface area contributed by atoms with Crippen molar-refractivity contribution in [1.29, 1.82) is 0 Å². The average molecular weight is 456 g/mol. The molecule has 34 heavy (non-hydrogen) atoms. The Morgan fingerprint density at radius 3 is 2.06 bits per heavy atom. The summed E-state index contributed by atoms with van der Waals surface area (Å²) in [5.41, 5.74) is 1.94. The topological polar surface area (TPSA) is 73.1 Å². The fraction of sp³-hybridized carbons (Fsp3) is 0.250. The van der Waals surface area contributed by atoms with Crippen LogP contribution >= 0.6 is 0 Å². The van der Waals surface area contributed by atoms with Crippen molar-refractivity contribution in [2.45, 2.75) is 45.3 Å². The monoisotopic (exact) mass is 455 g/mol. The molecule has 0 aliphatic heterocycles. The quantitative estimate of drug-likeness (QED) is 0.420. The molecule has 1 atom stereocenters. The van der Waals surface area contributed by atoms with Crippen LogP contribution in [-0.2, 0) is 30.7 Å². The van der Waals surface area contributed by atoms with E-state index in [0.29, 0.717) is 17.3 Å². The molecule has 0 aliphatic rings. The lowest BCUT2D eigenvalue weighted by atomic mass is 10.1. The third-order valence-electron chi connectivity index (χ3n) is 6.02. The van der Waals surface area contributed by atoms with Crippen molar-refractivity contribution < 1.29 is 4.79 Å². The number of hydrogen-bond acceptors (Lipinski definition) is 3. The first-order valence-electron chi connectivity index (χ1n) is 11.6. The summed E-state index contributed by atoms with van der Waals surface area (Å²) >= 11 is 0. The van der Waals surface area contributed by atoms with Gasteiger partial charge in [-0.3, -0.25) is 18.7 Å². The summed E-state index contributed by atoms with van der Waals surface area (Å²) in [4.78, 5) is 39.2. The van der Waals surface area contributed by atoms with Crippen LogP contribution in [0, 0.1) is 0 Å². The Hall–Kier alpha value is -3.93. The van der Waals surface area contributed by atoms with Crippen molar-refractivity contribution >= 4 is 16.8 Å². The number of aromatic nitrogens is 2. The van der Waals surface area contributed by atoms with Gasteiger partial charge in [0.05, 0.1) is 10.9 Å². The van der Waals surface area contributed by atoms with Gasteiger partial charge in [-0.05, 0) is 49.4 Å². The summed E-state index contributed by atoms with van der Waals surface area (Å²) in [6.45, 7) is 2.07. The van der Waals surface area contributed by atoms with Gasteiger partial charge in [-0.1, -0.05) is 72.8 Å². The second-order valence-corrected chi connectivity index (χ2v) is 8.57. The van der Waals surface area contributed by atoms with Gasteiger partial charge in [-0.15, -0.1) is 0 Å². The van der Waals surface area contributed by atoms with Crippen LogP contribution in [0.15, 0.2) is 94.5 Å². The second-order valence-electron chi connectivity index (χ2n) is 8.57. The molecule has 174 valence electrons. The predicted molar refractivity (Wildman–Crippen MR) is 135 cm³/mol. The molecule has 1 heterocycles. The average Bonchev–Trinajstić information content (AvgIpc) is 2.86. The molecule has 0 fully saturated rings. The predicted octanol–water partition coefficient (Wildman–Crippen LogP) is 3.54. The third kappa shape index (κ3) is 5.52. The van der Waals surface area contributed by atoms with Crippen molar-refractivity contribution in [2.75, 3.05) is 0 Å². The van der Waals surface area contributed by atoms with E-state index in [4.69, 9.17) is 0 Å². The van der Waals surface area contributed by atoms with Crippen LogP contribution in [0.2, 0.25) is 0 Å². The number of para-hydroxylation sites is 1. The largest absolute Gasteiger partial charge is 0.352 e. The van der Waals surface area contributed by atoms with Crippen molar-refractivity contribution in [2.24, 2.45) is 0 Å². The molecule has 0 spiro atoms. The number of aryl methyl sites for hydroxylation is 2. The molecule has 0 aliphatic carbocycles. The van der Waals surface area contributed by atoms with E-state index in [1.807, 2.05) is 55.5 Å². The van der Waals surface area contributed by atoms with Crippen LogP contribution in [0.25, 0.3) is 10.9 Å².